The summed E-state index contributed by atoms with van der Waals surface area (Å²) in [4.78, 5) is 154. The van der Waals surface area contributed by atoms with E-state index >= 15 is 0 Å². The first-order chi connectivity index (χ1) is 40.6. The van der Waals surface area contributed by atoms with Crippen molar-refractivity contribution in [2.24, 2.45) is 28.3 Å². The van der Waals surface area contributed by atoms with Crippen LogP contribution in [0.4, 0.5) is 0 Å². The number of hydrogen-bond acceptors (Lipinski definition) is 14. The van der Waals surface area contributed by atoms with E-state index < -0.39 is 120 Å². The molecule has 2 fully saturated rings. The molecular formula is C57H80N16O12. The lowest BCUT2D eigenvalue weighted by Crippen LogP contribution is -2.62. The molecule has 4 heterocycles. The Morgan fingerprint density at radius 1 is 0.718 bits per heavy atom. The molecule has 17 N–H and O–H groups in total. The summed E-state index contributed by atoms with van der Waals surface area (Å²) in [6, 6.07) is 1.48. The van der Waals surface area contributed by atoms with Gasteiger partial charge in [-0.15, -0.1) is 0 Å². The third-order valence-corrected chi connectivity index (χ3v) is 14.7. The Labute approximate surface area is 491 Å². The van der Waals surface area contributed by atoms with Gasteiger partial charge in [0.05, 0.1) is 12.9 Å². The summed E-state index contributed by atoms with van der Waals surface area (Å²) in [5, 5.41) is 45.6. The van der Waals surface area contributed by atoms with Crippen LogP contribution in [-0.4, -0.2) is 176 Å². The van der Waals surface area contributed by atoms with Crippen LogP contribution in [0.5, 0.6) is 5.75 Å². The van der Waals surface area contributed by atoms with Crippen molar-refractivity contribution >= 4 is 75.9 Å². The third kappa shape index (κ3) is 18.5. The van der Waals surface area contributed by atoms with Crippen molar-refractivity contribution in [3.8, 4) is 5.75 Å². The van der Waals surface area contributed by atoms with Gasteiger partial charge >= 0.3 is 0 Å². The van der Waals surface area contributed by atoms with Gasteiger partial charge in [-0.25, -0.2) is 4.98 Å². The number of nitrogens with two attached hydrogens (primary N) is 2. The molecule has 0 aliphatic carbocycles. The molecule has 0 radical (unpaired) electrons. The van der Waals surface area contributed by atoms with Crippen molar-refractivity contribution in [2.75, 3.05) is 26.2 Å². The van der Waals surface area contributed by atoms with Gasteiger partial charge in [0.1, 0.15) is 60.1 Å². The van der Waals surface area contributed by atoms with Gasteiger partial charge in [0.2, 0.25) is 59.1 Å². The highest BCUT2D eigenvalue weighted by Gasteiger charge is 2.40. The average Bonchev–Trinajstić information content (AvgIpc) is 4.01. The van der Waals surface area contributed by atoms with Crippen molar-refractivity contribution in [3.05, 3.63) is 84.1 Å². The second kappa shape index (κ2) is 31.0. The lowest BCUT2D eigenvalue weighted by Gasteiger charge is -2.31. The summed E-state index contributed by atoms with van der Waals surface area (Å²) in [5.74, 6) is -8.45. The fourth-order valence-corrected chi connectivity index (χ4v) is 10.1. The molecule has 28 nitrogen and oxygen atoms in total. The van der Waals surface area contributed by atoms with Gasteiger partial charge in [-0.1, -0.05) is 58.0 Å². The quantitative estimate of drug-likeness (QED) is 0.0149. The highest BCUT2D eigenvalue weighted by atomic mass is 16.3. The van der Waals surface area contributed by atoms with Crippen LogP contribution >= 0.6 is 0 Å². The van der Waals surface area contributed by atoms with Gasteiger partial charge < -0.3 is 84.4 Å². The lowest BCUT2D eigenvalue weighted by atomic mass is 9.98. The second-order valence-electron chi connectivity index (χ2n) is 21.9. The van der Waals surface area contributed by atoms with E-state index in [1.165, 1.54) is 41.7 Å². The summed E-state index contributed by atoms with van der Waals surface area (Å²) in [7, 11) is 0. The Bertz CT molecular complexity index is 3020. The molecule has 9 atom stereocenters. The minimum Gasteiger partial charge on any atom is -0.508 e. The first-order valence-corrected chi connectivity index (χ1v) is 28.5. The zero-order valence-corrected chi connectivity index (χ0v) is 48.4. The molecule has 2 aliphatic heterocycles. The molecule has 10 amide bonds. The molecule has 2 aliphatic rings. The predicted molar refractivity (Wildman–Crippen MR) is 311 cm³/mol. The monoisotopic (exact) mass is 1180 g/mol. The number of hydrogen-bond donors (Lipinski definition) is 15. The normalized spacial score (nSPS) is 17.3. The number of fused-ring (bicyclic) bond motifs is 1. The topological polar surface area (TPSA) is 432 Å². The summed E-state index contributed by atoms with van der Waals surface area (Å²) in [5.41, 5.74) is 13.2. The lowest BCUT2D eigenvalue weighted by molar-refractivity contribution is -0.142. The van der Waals surface area contributed by atoms with Gasteiger partial charge in [0.25, 0.3) is 0 Å². The number of imidazole rings is 1. The summed E-state index contributed by atoms with van der Waals surface area (Å²) >= 11 is 0. The number of amides is 10. The minimum absolute atomic E-state index is 0.0826. The number of aromatic hydroxyl groups is 1. The SMILES string of the molecule is CCNC(=O)C1CCCN1C(=O)C(CCCN=C(N)N)NC(=O)C(NC(=O)C(NC(=O)C(Cc1ccc(O)cc1)NC(=O)C(CO)NC(=O)C(Cc1c[nH]c2ccccc12)NC(=O)C(Cc1cnc[nH]1)NC(=O)C1CCC(=O)N1)C(C)C)C(C)C. The number of aliphatic imine (C=N–C) groups is 1. The Hall–Kier alpha value is -9.08. The number of carbonyl (C=O) groups is 10. The molecule has 4 aromatic rings. The number of aliphatic hydroxyl groups excluding tert-OH is 1. The van der Waals surface area contributed by atoms with E-state index in [0.29, 0.717) is 41.6 Å². The molecule has 2 saturated heterocycles. The first-order valence-electron chi connectivity index (χ1n) is 28.5. The zero-order valence-electron chi connectivity index (χ0n) is 48.4. The van der Waals surface area contributed by atoms with Gasteiger partial charge in [-0.2, -0.15) is 0 Å². The maximum Gasteiger partial charge on any atom is 0.245 e. The number of aliphatic hydroxyl groups is 1. The van der Waals surface area contributed by atoms with E-state index in [1.54, 1.807) is 59.0 Å². The van der Waals surface area contributed by atoms with Gasteiger partial charge in [-0.3, -0.25) is 52.9 Å². The van der Waals surface area contributed by atoms with Gasteiger partial charge in [0, 0.05) is 74.3 Å². The van der Waals surface area contributed by atoms with Crippen molar-refractivity contribution in [1.29, 1.82) is 0 Å². The molecule has 9 unspecified atom stereocenters. The fraction of sp³-hybridized carbons (Fsp3) is 0.509. The number of rotatable bonds is 30. The van der Waals surface area contributed by atoms with Crippen molar-refractivity contribution < 1.29 is 58.2 Å². The summed E-state index contributed by atoms with van der Waals surface area (Å²) in [6.45, 7) is 8.15. The largest absolute Gasteiger partial charge is 0.508 e. The molecular weight excluding hydrogens is 1100 g/mol. The number of aromatic amines is 2. The smallest absolute Gasteiger partial charge is 0.245 e. The van der Waals surface area contributed by atoms with Crippen molar-refractivity contribution in [2.45, 2.75) is 147 Å². The maximum atomic E-state index is 14.6. The summed E-state index contributed by atoms with van der Waals surface area (Å²) < 4.78 is 0. The molecule has 6 rings (SSSR count). The number of aromatic nitrogens is 3. The first kappa shape index (κ1) is 65.1. The molecule has 2 aromatic carbocycles. The maximum absolute atomic E-state index is 14.6. The molecule has 85 heavy (non-hydrogen) atoms. The van der Waals surface area contributed by atoms with Crippen LogP contribution in [0.3, 0.4) is 0 Å². The Morgan fingerprint density at radius 3 is 1.93 bits per heavy atom. The summed E-state index contributed by atoms with van der Waals surface area (Å²) in [6.07, 6.45) is 5.64. The van der Waals surface area contributed by atoms with Crippen LogP contribution in [0.1, 0.15) is 90.0 Å². The average molecular weight is 1180 g/mol. The molecule has 28 heteroatoms. The molecule has 2 aromatic heterocycles. The zero-order chi connectivity index (χ0) is 61.9. The number of guanidine groups is 1. The number of nitrogens with zero attached hydrogens (tertiary/aromatic N) is 3. The highest BCUT2D eigenvalue weighted by Crippen LogP contribution is 2.22. The Kier molecular flexibility index (Phi) is 23.7. The molecule has 0 saturated carbocycles. The number of nitrogens with one attached hydrogen (secondary N) is 11. The van der Waals surface area contributed by atoms with Crippen LogP contribution in [-0.2, 0) is 67.2 Å². The van der Waals surface area contributed by atoms with Gasteiger partial charge in [-0.05, 0) is 80.2 Å². The standard InChI is InChI=1S/C57H80N16O12/c1-6-61-53(82)44-14-10-22-73(44)56(85)39(13-9-21-62-57(58)59)66-54(83)46(30(2)3)72-55(84)47(31(4)5)71-51(80)40(23-32-15-17-35(75)18-16-32)67-52(81)43(28-74)70-49(78)41(24-33-26-63-37-12-8-7-11-36(33)37)68-50(79)42(25-34-27-60-29-64-34)69-48(77)38-19-20-45(76)65-38/h7-8,11-12,15-18,26-27,29-31,38-44,46-47,63,74-75H,6,9-10,13-14,19-25,28H2,1-5H3,(H,60,64)(H,61,82)(H,65,76)(H,66,83)(H,67,81)(H,68,79)(H,69,77)(H,70,78)(H,71,80)(H,72,84)(H4,58,59,62). The molecule has 0 bridgehead atoms. The number of para-hydroxylation sites is 1. The van der Waals surface area contributed by atoms with Crippen molar-refractivity contribution in [1.82, 2.24) is 67.7 Å². The number of phenolic OH excluding ortho intramolecular Hbond substituents is 1. The number of H-pyrrole nitrogens is 2. The van der Waals surface area contributed by atoms with E-state index in [9.17, 15) is 58.2 Å². The van der Waals surface area contributed by atoms with Crippen LogP contribution in [0, 0.1) is 11.8 Å². The molecule has 460 valence electrons. The predicted octanol–water partition coefficient (Wildman–Crippen LogP) is -2.22. The van der Waals surface area contributed by atoms with E-state index in [4.69, 9.17) is 11.5 Å². The Balaban J connectivity index is 1.20. The van der Waals surface area contributed by atoms with Crippen LogP contribution in [0.25, 0.3) is 10.9 Å². The van der Waals surface area contributed by atoms with E-state index in [-0.39, 0.29) is 81.6 Å². The van der Waals surface area contributed by atoms with Crippen LogP contribution in [0.15, 0.2) is 72.2 Å². The number of benzene rings is 2. The van der Waals surface area contributed by atoms with Gasteiger partial charge in [0.15, 0.2) is 5.96 Å². The second-order valence-corrected chi connectivity index (χ2v) is 21.9. The van der Waals surface area contributed by atoms with Crippen molar-refractivity contribution in [3.63, 3.8) is 0 Å². The molecule has 0 spiro atoms. The van der Waals surface area contributed by atoms with Crippen LogP contribution < -0.4 is 59.3 Å². The number of likely N-dealkylation sites (N-methyl/N-ethyl adjacent to an activating group) is 1. The number of phenols is 1. The third-order valence-electron chi connectivity index (χ3n) is 14.7. The van der Waals surface area contributed by atoms with E-state index in [1.807, 2.05) is 6.07 Å². The Morgan fingerprint density at radius 2 is 1.32 bits per heavy atom. The van der Waals surface area contributed by atoms with E-state index in [2.05, 4.69) is 67.8 Å². The van der Waals surface area contributed by atoms with E-state index in [0.717, 1.165) is 5.52 Å². The highest BCUT2D eigenvalue weighted by molar-refractivity contribution is 5.99. The number of carbonyl (C=O) groups excluding carboxylic acids is 10. The fourth-order valence-electron chi connectivity index (χ4n) is 10.1. The number of likely N-dealkylation sites (tertiary alicyclic amines) is 1. The minimum atomic E-state index is -1.75. The van der Waals surface area contributed by atoms with Crippen LogP contribution in [0.2, 0.25) is 0 Å².